The Kier molecular flexibility index (Phi) is 5.41. The number of carbonyl (C=O) groups excluding carboxylic acids is 1. The van der Waals surface area contributed by atoms with Crippen molar-refractivity contribution in [2.75, 3.05) is 24.1 Å². The van der Waals surface area contributed by atoms with Crippen molar-refractivity contribution < 1.29 is 4.79 Å². The van der Waals surface area contributed by atoms with E-state index in [9.17, 15) is 4.79 Å². The summed E-state index contributed by atoms with van der Waals surface area (Å²) in [5, 5.41) is 2.91. The zero-order chi connectivity index (χ0) is 14.4. The van der Waals surface area contributed by atoms with E-state index in [-0.39, 0.29) is 5.91 Å². The number of hydrogen-bond acceptors (Lipinski definition) is 3. The van der Waals surface area contributed by atoms with Gasteiger partial charge in [-0.1, -0.05) is 18.9 Å². The molecule has 1 aliphatic heterocycles. The Morgan fingerprint density at radius 3 is 3.05 bits per heavy atom. The van der Waals surface area contributed by atoms with Crippen molar-refractivity contribution in [1.29, 1.82) is 0 Å². The first kappa shape index (κ1) is 14.9. The van der Waals surface area contributed by atoms with Crippen LogP contribution >= 0.6 is 0 Å². The standard InChI is InChI=1S/C16H25N3O/c1-13-6-3-2-4-10-19(13)11-9-16(20)18-15-8-5-7-14(17)12-15/h5,7-8,12-13H,2-4,6,9-11,17H2,1H3,(H,18,20). The van der Waals surface area contributed by atoms with E-state index in [0.29, 0.717) is 18.2 Å². The summed E-state index contributed by atoms with van der Waals surface area (Å²) < 4.78 is 0. The Balaban J connectivity index is 1.79. The number of nitrogens with zero attached hydrogens (tertiary/aromatic N) is 1. The van der Waals surface area contributed by atoms with Crippen molar-refractivity contribution in [3.05, 3.63) is 24.3 Å². The minimum Gasteiger partial charge on any atom is -0.399 e. The predicted molar refractivity (Wildman–Crippen MR) is 83.6 cm³/mol. The van der Waals surface area contributed by atoms with Crippen molar-refractivity contribution in [3.63, 3.8) is 0 Å². The fourth-order valence-corrected chi connectivity index (χ4v) is 2.75. The molecule has 20 heavy (non-hydrogen) atoms. The molecule has 1 fully saturated rings. The lowest BCUT2D eigenvalue weighted by atomic mass is 10.1. The number of anilines is 2. The fourth-order valence-electron chi connectivity index (χ4n) is 2.75. The Morgan fingerprint density at radius 2 is 2.25 bits per heavy atom. The second-order valence-corrected chi connectivity index (χ2v) is 5.66. The van der Waals surface area contributed by atoms with Crippen LogP contribution in [-0.4, -0.2) is 29.9 Å². The zero-order valence-corrected chi connectivity index (χ0v) is 12.3. The quantitative estimate of drug-likeness (QED) is 0.831. The summed E-state index contributed by atoms with van der Waals surface area (Å²) in [6.07, 6.45) is 5.67. The summed E-state index contributed by atoms with van der Waals surface area (Å²) in [4.78, 5) is 14.4. The maximum Gasteiger partial charge on any atom is 0.225 e. The third-order valence-corrected chi connectivity index (χ3v) is 3.99. The second-order valence-electron chi connectivity index (χ2n) is 5.66. The van der Waals surface area contributed by atoms with E-state index in [2.05, 4.69) is 17.1 Å². The molecule has 4 nitrogen and oxygen atoms in total. The van der Waals surface area contributed by atoms with Gasteiger partial charge in [0.2, 0.25) is 5.91 Å². The zero-order valence-electron chi connectivity index (χ0n) is 12.3. The molecule has 1 aromatic rings. The molecule has 1 amide bonds. The molecule has 0 aromatic heterocycles. The van der Waals surface area contributed by atoms with Crippen molar-refractivity contribution in [2.24, 2.45) is 0 Å². The Morgan fingerprint density at radius 1 is 1.40 bits per heavy atom. The highest BCUT2D eigenvalue weighted by Gasteiger charge is 2.17. The highest BCUT2D eigenvalue weighted by molar-refractivity contribution is 5.91. The van der Waals surface area contributed by atoms with Gasteiger partial charge in [-0.05, 0) is 44.5 Å². The van der Waals surface area contributed by atoms with Gasteiger partial charge >= 0.3 is 0 Å². The number of hydrogen-bond donors (Lipinski definition) is 2. The smallest absolute Gasteiger partial charge is 0.225 e. The lowest BCUT2D eigenvalue weighted by Gasteiger charge is -2.26. The summed E-state index contributed by atoms with van der Waals surface area (Å²) in [5.41, 5.74) is 7.15. The van der Waals surface area contributed by atoms with Gasteiger partial charge in [-0.15, -0.1) is 0 Å². The molecule has 1 heterocycles. The van der Waals surface area contributed by atoms with Gasteiger partial charge < -0.3 is 16.0 Å². The normalized spacial score (nSPS) is 20.4. The van der Waals surface area contributed by atoms with Crippen LogP contribution in [0.3, 0.4) is 0 Å². The van der Waals surface area contributed by atoms with Crippen molar-refractivity contribution >= 4 is 17.3 Å². The van der Waals surface area contributed by atoms with E-state index in [1.165, 1.54) is 25.7 Å². The minimum atomic E-state index is 0.0621. The van der Waals surface area contributed by atoms with Crippen LogP contribution in [0.2, 0.25) is 0 Å². The number of nitrogens with one attached hydrogen (secondary N) is 1. The van der Waals surface area contributed by atoms with Gasteiger partial charge in [-0.3, -0.25) is 4.79 Å². The van der Waals surface area contributed by atoms with Gasteiger partial charge in [-0.2, -0.15) is 0 Å². The van der Waals surface area contributed by atoms with Crippen LogP contribution in [0.1, 0.15) is 39.0 Å². The largest absolute Gasteiger partial charge is 0.399 e. The first-order valence-corrected chi connectivity index (χ1v) is 7.54. The Labute approximate surface area is 121 Å². The number of carbonyl (C=O) groups is 1. The summed E-state index contributed by atoms with van der Waals surface area (Å²) in [7, 11) is 0. The molecule has 1 atom stereocenters. The summed E-state index contributed by atoms with van der Waals surface area (Å²) in [6, 6.07) is 7.91. The monoisotopic (exact) mass is 275 g/mol. The third kappa shape index (κ3) is 4.53. The number of rotatable bonds is 4. The van der Waals surface area contributed by atoms with Gasteiger partial charge in [-0.25, -0.2) is 0 Å². The number of nitrogens with two attached hydrogens (primary N) is 1. The molecule has 110 valence electrons. The number of amides is 1. The predicted octanol–water partition coefficient (Wildman–Crippen LogP) is 2.86. The lowest BCUT2D eigenvalue weighted by molar-refractivity contribution is -0.116. The molecule has 4 heteroatoms. The third-order valence-electron chi connectivity index (χ3n) is 3.99. The summed E-state index contributed by atoms with van der Waals surface area (Å²) in [5.74, 6) is 0.0621. The molecule has 1 saturated heterocycles. The van der Waals surface area contributed by atoms with Crippen LogP contribution in [0.5, 0.6) is 0 Å². The van der Waals surface area contributed by atoms with E-state index in [4.69, 9.17) is 5.73 Å². The molecular weight excluding hydrogens is 250 g/mol. The van der Waals surface area contributed by atoms with Crippen LogP contribution in [0, 0.1) is 0 Å². The van der Waals surface area contributed by atoms with Gasteiger partial charge in [0, 0.05) is 30.4 Å². The van der Waals surface area contributed by atoms with E-state index in [0.717, 1.165) is 18.8 Å². The Hall–Kier alpha value is -1.55. The molecule has 1 aromatic carbocycles. The van der Waals surface area contributed by atoms with Gasteiger partial charge in [0.1, 0.15) is 0 Å². The molecular formula is C16H25N3O. The lowest BCUT2D eigenvalue weighted by Crippen LogP contribution is -2.35. The molecule has 0 aliphatic carbocycles. The van der Waals surface area contributed by atoms with Crippen LogP contribution in [0.4, 0.5) is 11.4 Å². The molecule has 0 saturated carbocycles. The van der Waals surface area contributed by atoms with Crippen molar-refractivity contribution in [1.82, 2.24) is 4.90 Å². The van der Waals surface area contributed by atoms with Gasteiger partial charge in [0.25, 0.3) is 0 Å². The molecule has 0 spiro atoms. The van der Waals surface area contributed by atoms with Crippen LogP contribution in [0.15, 0.2) is 24.3 Å². The average molecular weight is 275 g/mol. The van der Waals surface area contributed by atoms with Gasteiger partial charge in [0.05, 0.1) is 0 Å². The molecule has 1 unspecified atom stereocenters. The number of likely N-dealkylation sites (tertiary alicyclic amines) is 1. The van der Waals surface area contributed by atoms with E-state index in [1.807, 2.05) is 18.2 Å². The SMILES string of the molecule is CC1CCCCCN1CCC(=O)Nc1cccc(N)c1. The average Bonchev–Trinajstić information content (AvgIpc) is 2.61. The topological polar surface area (TPSA) is 58.4 Å². The van der Waals surface area contributed by atoms with Crippen LogP contribution < -0.4 is 11.1 Å². The van der Waals surface area contributed by atoms with Crippen molar-refractivity contribution in [2.45, 2.75) is 45.1 Å². The van der Waals surface area contributed by atoms with E-state index >= 15 is 0 Å². The minimum absolute atomic E-state index is 0.0621. The first-order chi connectivity index (χ1) is 9.65. The summed E-state index contributed by atoms with van der Waals surface area (Å²) in [6.45, 7) is 4.23. The Bertz CT molecular complexity index is 447. The molecule has 3 N–H and O–H groups in total. The highest BCUT2D eigenvalue weighted by Crippen LogP contribution is 2.17. The van der Waals surface area contributed by atoms with E-state index in [1.54, 1.807) is 6.07 Å². The first-order valence-electron chi connectivity index (χ1n) is 7.54. The fraction of sp³-hybridized carbons (Fsp3) is 0.562. The number of benzene rings is 1. The highest BCUT2D eigenvalue weighted by atomic mass is 16.1. The maximum atomic E-state index is 12.0. The van der Waals surface area contributed by atoms with Crippen molar-refractivity contribution in [3.8, 4) is 0 Å². The van der Waals surface area contributed by atoms with E-state index < -0.39 is 0 Å². The second kappa shape index (κ2) is 7.29. The molecule has 0 radical (unpaired) electrons. The number of nitrogen functional groups attached to an aromatic ring is 1. The van der Waals surface area contributed by atoms with Crippen LogP contribution in [-0.2, 0) is 4.79 Å². The van der Waals surface area contributed by atoms with Gasteiger partial charge in [0.15, 0.2) is 0 Å². The van der Waals surface area contributed by atoms with Crippen LogP contribution in [0.25, 0.3) is 0 Å². The maximum absolute atomic E-state index is 12.0. The molecule has 2 rings (SSSR count). The molecule has 1 aliphatic rings. The summed E-state index contributed by atoms with van der Waals surface area (Å²) >= 11 is 0. The molecule has 0 bridgehead atoms.